The van der Waals surface area contributed by atoms with Gasteiger partial charge in [-0.05, 0) is 51.4 Å². The Hall–Kier alpha value is -1.50. The quantitative estimate of drug-likeness (QED) is 0.466. The second kappa shape index (κ2) is 10.2. The van der Waals surface area contributed by atoms with Gasteiger partial charge in [0.05, 0.1) is 12.6 Å². The third kappa shape index (κ3) is 6.26. The molecule has 0 bridgehead atoms. The van der Waals surface area contributed by atoms with Gasteiger partial charge in [-0.3, -0.25) is 4.99 Å². The molecule has 0 spiro atoms. The van der Waals surface area contributed by atoms with Gasteiger partial charge < -0.3 is 25.6 Å². The Morgan fingerprint density at radius 2 is 1.85 bits per heavy atom. The molecule has 1 atom stereocenters. The predicted octanol–water partition coefficient (Wildman–Crippen LogP) is 2.08. The number of alkyl carbamates (subject to hydrolysis) is 1. The highest BCUT2D eigenvalue weighted by Gasteiger charge is 2.33. The number of nitrogens with zero attached hydrogens (tertiary/aromatic N) is 2. The molecule has 0 aromatic rings. The van der Waals surface area contributed by atoms with Crippen LogP contribution in [0.3, 0.4) is 0 Å². The van der Waals surface area contributed by atoms with Gasteiger partial charge in [0.2, 0.25) is 0 Å². The highest BCUT2D eigenvalue weighted by atomic mass is 16.5. The second-order valence-corrected chi connectivity index (χ2v) is 8.15. The lowest BCUT2D eigenvalue weighted by atomic mass is 10.0. The molecule has 1 unspecified atom stereocenters. The SMILES string of the molecule is CCOC(=O)NC(CNC(=NC)NC1CCN(C2CCCC2)CC1)C1CC1. The lowest BCUT2D eigenvalue weighted by molar-refractivity contribution is 0.146. The van der Waals surface area contributed by atoms with Gasteiger partial charge >= 0.3 is 6.09 Å². The first-order valence-corrected chi connectivity index (χ1v) is 10.8. The molecule has 1 aliphatic heterocycles. The summed E-state index contributed by atoms with van der Waals surface area (Å²) in [5.74, 6) is 1.39. The zero-order valence-corrected chi connectivity index (χ0v) is 17.0. The Morgan fingerprint density at radius 3 is 2.44 bits per heavy atom. The summed E-state index contributed by atoms with van der Waals surface area (Å²) in [4.78, 5) is 18.8. The van der Waals surface area contributed by atoms with E-state index in [-0.39, 0.29) is 12.1 Å². The second-order valence-electron chi connectivity index (χ2n) is 8.15. The normalized spacial score (nSPS) is 23.9. The summed E-state index contributed by atoms with van der Waals surface area (Å²) in [6.07, 6.45) is 9.94. The maximum atomic E-state index is 11.7. The topological polar surface area (TPSA) is 78.0 Å². The molecule has 7 nitrogen and oxygen atoms in total. The van der Waals surface area contributed by atoms with Crippen molar-refractivity contribution >= 4 is 12.1 Å². The molecule has 27 heavy (non-hydrogen) atoms. The number of carbonyl (C=O) groups excluding carboxylic acids is 1. The van der Waals surface area contributed by atoms with Crippen LogP contribution >= 0.6 is 0 Å². The van der Waals surface area contributed by atoms with Crippen molar-refractivity contribution in [1.82, 2.24) is 20.9 Å². The third-order valence-electron chi connectivity index (χ3n) is 6.19. The fraction of sp³-hybridized carbons (Fsp3) is 0.900. The number of hydrogen-bond donors (Lipinski definition) is 3. The molecule has 2 aliphatic carbocycles. The van der Waals surface area contributed by atoms with Crippen LogP contribution in [0.25, 0.3) is 0 Å². The van der Waals surface area contributed by atoms with E-state index >= 15 is 0 Å². The van der Waals surface area contributed by atoms with Crippen molar-refractivity contribution in [3.63, 3.8) is 0 Å². The van der Waals surface area contributed by atoms with E-state index in [1.165, 1.54) is 64.5 Å². The highest BCUT2D eigenvalue weighted by Crippen LogP contribution is 2.32. The van der Waals surface area contributed by atoms with Gasteiger partial charge in [0.1, 0.15) is 0 Å². The van der Waals surface area contributed by atoms with E-state index in [1.807, 2.05) is 14.0 Å². The van der Waals surface area contributed by atoms with E-state index < -0.39 is 0 Å². The minimum atomic E-state index is -0.321. The van der Waals surface area contributed by atoms with Crippen LogP contribution in [0.1, 0.15) is 58.3 Å². The Labute approximate surface area is 163 Å². The molecule has 1 heterocycles. The molecular weight excluding hydrogens is 342 g/mol. The van der Waals surface area contributed by atoms with E-state index in [2.05, 4.69) is 25.8 Å². The van der Waals surface area contributed by atoms with Gasteiger partial charge in [-0.2, -0.15) is 0 Å². The number of hydrogen-bond acceptors (Lipinski definition) is 4. The number of carbonyl (C=O) groups is 1. The lowest BCUT2D eigenvalue weighted by Gasteiger charge is -2.36. The van der Waals surface area contributed by atoms with Crippen LogP contribution in [0.2, 0.25) is 0 Å². The van der Waals surface area contributed by atoms with Crippen molar-refractivity contribution in [3.05, 3.63) is 0 Å². The summed E-state index contributed by atoms with van der Waals surface area (Å²) in [7, 11) is 1.81. The molecule has 3 N–H and O–H groups in total. The molecule has 3 aliphatic rings. The molecule has 2 saturated carbocycles. The number of rotatable bonds is 7. The monoisotopic (exact) mass is 379 g/mol. The van der Waals surface area contributed by atoms with E-state index in [4.69, 9.17) is 4.74 Å². The van der Waals surface area contributed by atoms with Gasteiger partial charge in [0.15, 0.2) is 5.96 Å². The van der Waals surface area contributed by atoms with Gasteiger partial charge in [-0.1, -0.05) is 12.8 Å². The number of guanidine groups is 1. The number of amides is 1. The molecule has 0 aromatic heterocycles. The van der Waals surface area contributed by atoms with Crippen LogP contribution in [0.15, 0.2) is 4.99 Å². The Bertz CT molecular complexity index is 495. The van der Waals surface area contributed by atoms with E-state index in [0.717, 1.165) is 12.0 Å². The van der Waals surface area contributed by atoms with Crippen molar-refractivity contribution in [2.45, 2.75) is 76.4 Å². The summed E-state index contributed by atoms with van der Waals surface area (Å²) in [5.41, 5.74) is 0. The summed E-state index contributed by atoms with van der Waals surface area (Å²) < 4.78 is 5.03. The van der Waals surface area contributed by atoms with Crippen LogP contribution < -0.4 is 16.0 Å². The van der Waals surface area contributed by atoms with Crippen LogP contribution in [-0.2, 0) is 4.74 Å². The average Bonchev–Trinajstić information content (AvgIpc) is 3.38. The first-order chi connectivity index (χ1) is 13.2. The third-order valence-corrected chi connectivity index (χ3v) is 6.19. The van der Waals surface area contributed by atoms with Gasteiger partial charge in [-0.15, -0.1) is 0 Å². The summed E-state index contributed by atoms with van der Waals surface area (Å²) in [6, 6.07) is 1.41. The average molecular weight is 380 g/mol. The first kappa shape index (κ1) is 20.2. The number of piperidine rings is 1. The predicted molar refractivity (Wildman–Crippen MR) is 108 cm³/mol. The molecular formula is C20H37N5O2. The van der Waals surface area contributed by atoms with Crippen LogP contribution in [0, 0.1) is 5.92 Å². The van der Waals surface area contributed by atoms with Crippen LogP contribution in [-0.4, -0.2) is 68.4 Å². The molecule has 154 valence electrons. The Kier molecular flexibility index (Phi) is 7.61. The minimum Gasteiger partial charge on any atom is -0.450 e. The summed E-state index contributed by atoms with van der Waals surface area (Å²) >= 11 is 0. The molecule has 3 fully saturated rings. The van der Waals surface area contributed by atoms with Crippen molar-refractivity contribution in [2.24, 2.45) is 10.9 Å². The van der Waals surface area contributed by atoms with Crippen LogP contribution in [0.4, 0.5) is 4.79 Å². The number of likely N-dealkylation sites (tertiary alicyclic amines) is 1. The van der Waals surface area contributed by atoms with Gasteiger partial charge in [0, 0.05) is 38.8 Å². The maximum absolute atomic E-state index is 11.7. The maximum Gasteiger partial charge on any atom is 0.407 e. The van der Waals surface area contributed by atoms with Crippen molar-refractivity contribution in [1.29, 1.82) is 0 Å². The minimum absolute atomic E-state index is 0.104. The Balaban J connectivity index is 1.39. The number of nitrogens with one attached hydrogen (secondary N) is 3. The van der Waals surface area contributed by atoms with Crippen molar-refractivity contribution in [3.8, 4) is 0 Å². The number of aliphatic imine (C=N–C) groups is 1. The van der Waals surface area contributed by atoms with Gasteiger partial charge in [-0.25, -0.2) is 4.79 Å². The first-order valence-electron chi connectivity index (χ1n) is 10.8. The molecule has 3 rings (SSSR count). The molecule has 0 aromatic carbocycles. The van der Waals surface area contributed by atoms with Crippen molar-refractivity contribution in [2.75, 3.05) is 33.3 Å². The largest absolute Gasteiger partial charge is 0.450 e. The lowest BCUT2D eigenvalue weighted by Crippen LogP contribution is -2.52. The zero-order chi connectivity index (χ0) is 19.1. The highest BCUT2D eigenvalue weighted by molar-refractivity contribution is 5.80. The molecule has 0 radical (unpaired) electrons. The molecule has 1 amide bonds. The van der Waals surface area contributed by atoms with E-state index in [9.17, 15) is 4.79 Å². The van der Waals surface area contributed by atoms with Crippen LogP contribution in [0.5, 0.6) is 0 Å². The zero-order valence-electron chi connectivity index (χ0n) is 17.0. The Morgan fingerprint density at radius 1 is 1.15 bits per heavy atom. The number of ether oxygens (including phenoxy) is 1. The molecule has 1 saturated heterocycles. The van der Waals surface area contributed by atoms with E-state index in [0.29, 0.717) is 25.1 Å². The fourth-order valence-electron chi connectivity index (χ4n) is 4.43. The standard InChI is InChI=1S/C20H37N5O2/c1-3-27-20(26)24-18(15-8-9-15)14-22-19(21-2)23-16-10-12-25(13-11-16)17-6-4-5-7-17/h15-18H,3-14H2,1-2H3,(H,24,26)(H2,21,22,23). The smallest absolute Gasteiger partial charge is 0.407 e. The summed E-state index contributed by atoms with van der Waals surface area (Å²) in [5, 5.41) is 9.97. The molecule has 7 heteroatoms. The van der Waals surface area contributed by atoms with E-state index in [1.54, 1.807) is 0 Å². The summed E-state index contributed by atoms with van der Waals surface area (Å²) in [6.45, 7) is 5.29. The van der Waals surface area contributed by atoms with Crippen molar-refractivity contribution < 1.29 is 9.53 Å². The van der Waals surface area contributed by atoms with Gasteiger partial charge in [0.25, 0.3) is 0 Å². The fourth-order valence-corrected chi connectivity index (χ4v) is 4.43.